The first kappa shape index (κ1) is 24.3. The fourth-order valence-electron chi connectivity index (χ4n) is 4.55. The highest BCUT2D eigenvalue weighted by atomic mass is 127. The number of imidazole rings is 1. The summed E-state index contributed by atoms with van der Waals surface area (Å²) in [5, 5.41) is 11.6. The van der Waals surface area contributed by atoms with Crippen LogP contribution in [-0.4, -0.2) is 44.6 Å². The van der Waals surface area contributed by atoms with Gasteiger partial charge in [0.15, 0.2) is 0 Å². The smallest absolute Gasteiger partial charge is 0.405 e. The number of amides is 2. The van der Waals surface area contributed by atoms with Crippen LogP contribution in [0.15, 0.2) is 48.7 Å². The summed E-state index contributed by atoms with van der Waals surface area (Å²) < 4.78 is 1.21. The predicted molar refractivity (Wildman–Crippen MR) is 140 cm³/mol. The molecule has 1 fully saturated rings. The van der Waals surface area contributed by atoms with Crippen molar-refractivity contribution < 1.29 is 14.7 Å². The quantitative estimate of drug-likeness (QED) is 0.335. The molecule has 0 bridgehead atoms. The van der Waals surface area contributed by atoms with E-state index < -0.39 is 12.1 Å². The molecular formula is C26H29IN4O3. The molecule has 2 atom stereocenters. The lowest BCUT2D eigenvalue weighted by molar-refractivity contribution is -0.135. The number of aryl methyl sites for hydroxylation is 1. The number of carbonyl (C=O) groups excluding carboxylic acids is 1. The number of benzene rings is 2. The molecule has 0 aliphatic carbocycles. The van der Waals surface area contributed by atoms with Crippen LogP contribution in [0.5, 0.6) is 0 Å². The van der Waals surface area contributed by atoms with Gasteiger partial charge in [-0.05, 0) is 77.1 Å². The minimum absolute atomic E-state index is 0.150. The van der Waals surface area contributed by atoms with Crippen molar-refractivity contribution in [3.63, 3.8) is 0 Å². The lowest BCUT2D eigenvalue weighted by Crippen LogP contribution is -2.50. The van der Waals surface area contributed by atoms with Crippen LogP contribution in [0.3, 0.4) is 0 Å². The van der Waals surface area contributed by atoms with E-state index in [4.69, 9.17) is 0 Å². The van der Waals surface area contributed by atoms with E-state index >= 15 is 0 Å². The first-order valence-electron chi connectivity index (χ1n) is 11.5. The predicted octanol–water partition coefficient (Wildman–Crippen LogP) is 5.61. The minimum atomic E-state index is -1.19. The van der Waals surface area contributed by atoms with Crippen molar-refractivity contribution in [1.82, 2.24) is 20.2 Å². The highest BCUT2D eigenvalue weighted by Gasteiger charge is 2.37. The molecule has 0 saturated carbocycles. The Morgan fingerprint density at radius 1 is 1.21 bits per heavy atom. The normalized spacial score (nSPS) is 16.6. The number of nitrogens with one attached hydrogen (secondary N) is 2. The molecule has 1 saturated heterocycles. The van der Waals surface area contributed by atoms with E-state index in [1.807, 2.05) is 38.2 Å². The SMILES string of the molecule is Cc1cc(-c2cnc([C@@H]3CCCN3C(=O)[C@@H](NC(=O)O)C(C)C)[nH]2)cc(-c2ccccc2)c1I. The van der Waals surface area contributed by atoms with E-state index in [9.17, 15) is 14.7 Å². The molecular weight excluding hydrogens is 543 g/mol. The molecule has 0 spiro atoms. The minimum Gasteiger partial charge on any atom is -0.465 e. The number of carbonyl (C=O) groups is 2. The van der Waals surface area contributed by atoms with Crippen LogP contribution >= 0.6 is 22.6 Å². The van der Waals surface area contributed by atoms with Gasteiger partial charge in [-0.3, -0.25) is 4.79 Å². The van der Waals surface area contributed by atoms with Crippen molar-refractivity contribution in [2.75, 3.05) is 6.54 Å². The van der Waals surface area contributed by atoms with Crippen molar-refractivity contribution in [3.05, 3.63) is 63.6 Å². The molecule has 2 aromatic carbocycles. The second-order valence-electron chi connectivity index (χ2n) is 9.06. The molecule has 1 aliphatic rings. The third kappa shape index (κ3) is 4.96. The van der Waals surface area contributed by atoms with E-state index in [2.05, 4.69) is 69.1 Å². The van der Waals surface area contributed by atoms with Gasteiger partial charge in [-0.25, -0.2) is 9.78 Å². The summed E-state index contributed by atoms with van der Waals surface area (Å²) in [4.78, 5) is 34.3. The van der Waals surface area contributed by atoms with Crippen molar-refractivity contribution in [3.8, 4) is 22.4 Å². The average molecular weight is 572 g/mol. The summed E-state index contributed by atoms with van der Waals surface area (Å²) in [6, 6.07) is 13.7. The number of carboxylic acid groups (broad SMARTS) is 1. The molecule has 7 nitrogen and oxygen atoms in total. The summed E-state index contributed by atoms with van der Waals surface area (Å²) >= 11 is 2.39. The number of nitrogens with zero attached hydrogens (tertiary/aromatic N) is 2. The molecule has 0 radical (unpaired) electrons. The fourth-order valence-corrected chi connectivity index (χ4v) is 5.17. The third-order valence-electron chi connectivity index (χ3n) is 6.31. The molecule has 2 heterocycles. The molecule has 4 rings (SSSR count). The number of halogens is 1. The van der Waals surface area contributed by atoms with Crippen molar-refractivity contribution in [1.29, 1.82) is 0 Å². The number of likely N-dealkylation sites (tertiary alicyclic amines) is 1. The van der Waals surface area contributed by atoms with Gasteiger partial charge in [0.05, 0.1) is 17.9 Å². The Kier molecular flexibility index (Phi) is 7.25. The number of hydrogen-bond acceptors (Lipinski definition) is 3. The summed E-state index contributed by atoms with van der Waals surface area (Å²) in [7, 11) is 0. The van der Waals surface area contributed by atoms with Gasteiger partial charge in [-0.2, -0.15) is 0 Å². The molecule has 2 amide bonds. The monoisotopic (exact) mass is 572 g/mol. The van der Waals surface area contributed by atoms with Gasteiger partial charge in [-0.15, -0.1) is 0 Å². The van der Waals surface area contributed by atoms with E-state index in [1.54, 1.807) is 4.90 Å². The molecule has 178 valence electrons. The van der Waals surface area contributed by atoms with E-state index in [1.165, 1.54) is 14.7 Å². The number of rotatable bonds is 6. The highest BCUT2D eigenvalue weighted by Crippen LogP contribution is 2.35. The molecule has 34 heavy (non-hydrogen) atoms. The Morgan fingerprint density at radius 2 is 1.94 bits per heavy atom. The lowest BCUT2D eigenvalue weighted by Gasteiger charge is -2.29. The molecule has 3 N–H and O–H groups in total. The zero-order valence-corrected chi connectivity index (χ0v) is 21.7. The zero-order chi connectivity index (χ0) is 24.4. The summed E-state index contributed by atoms with van der Waals surface area (Å²) in [5.74, 6) is 0.383. The largest absolute Gasteiger partial charge is 0.465 e. The summed E-state index contributed by atoms with van der Waals surface area (Å²) in [6.07, 6.45) is 2.27. The maximum absolute atomic E-state index is 13.2. The van der Waals surface area contributed by atoms with Gasteiger partial charge in [0.25, 0.3) is 0 Å². The van der Waals surface area contributed by atoms with Crippen molar-refractivity contribution in [2.24, 2.45) is 5.92 Å². The molecule has 3 aromatic rings. The zero-order valence-electron chi connectivity index (χ0n) is 19.5. The van der Waals surface area contributed by atoms with Crippen LogP contribution in [0.1, 0.15) is 44.1 Å². The summed E-state index contributed by atoms with van der Waals surface area (Å²) in [6.45, 7) is 6.38. The Hall–Kier alpha value is -2.88. The highest BCUT2D eigenvalue weighted by molar-refractivity contribution is 14.1. The molecule has 1 aliphatic heterocycles. The Morgan fingerprint density at radius 3 is 2.62 bits per heavy atom. The van der Waals surface area contributed by atoms with Gasteiger partial charge in [-0.1, -0.05) is 44.2 Å². The fraction of sp³-hybridized carbons (Fsp3) is 0.346. The average Bonchev–Trinajstić information content (AvgIpc) is 3.48. The van der Waals surface area contributed by atoms with Crippen LogP contribution in [-0.2, 0) is 4.79 Å². The second-order valence-corrected chi connectivity index (χ2v) is 10.1. The standard InChI is InChI=1S/C26H29IN4O3/c1-15(2)23(30-26(33)34)25(32)31-11-7-10-21(31)24-28-14-20(29-24)18-12-16(3)22(27)19(13-18)17-8-5-4-6-9-17/h4-6,8-9,12-15,21,23,30H,7,10-11H2,1-3H3,(H,28,29)(H,33,34)/t21-,23-/m0/s1. The molecule has 1 aromatic heterocycles. The van der Waals surface area contributed by atoms with Crippen molar-refractivity contribution >= 4 is 34.6 Å². The first-order valence-corrected chi connectivity index (χ1v) is 12.5. The molecule has 0 unspecified atom stereocenters. The third-order valence-corrected chi connectivity index (χ3v) is 7.74. The van der Waals surface area contributed by atoms with E-state index in [0.717, 1.165) is 35.5 Å². The van der Waals surface area contributed by atoms with Crippen molar-refractivity contribution in [2.45, 2.75) is 45.7 Å². The number of aromatic amines is 1. The van der Waals surface area contributed by atoms with E-state index in [-0.39, 0.29) is 17.9 Å². The van der Waals surface area contributed by atoms with Crippen LogP contribution in [0.2, 0.25) is 0 Å². The van der Waals surface area contributed by atoms with Gasteiger partial charge >= 0.3 is 6.09 Å². The van der Waals surface area contributed by atoms with Crippen LogP contribution < -0.4 is 5.32 Å². The van der Waals surface area contributed by atoms with Gasteiger partial charge in [0.1, 0.15) is 11.9 Å². The Balaban J connectivity index is 1.63. The topological polar surface area (TPSA) is 98.3 Å². The Bertz CT molecular complexity index is 1190. The van der Waals surface area contributed by atoms with Gasteiger partial charge < -0.3 is 20.3 Å². The molecule has 8 heteroatoms. The first-order chi connectivity index (χ1) is 16.3. The van der Waals surface area contributed by atoms with Crippen LogP contribution in [0.4, 0.5) is 4.79 Å². The van der Waals surface area contributed by atoms with Gasteiger partial charge in [0, 0.05) is 15.7 Å². The van der Waals surface area contributed by atoms with E-state index in [0.29, 0.717) is 6.54 Å². The number of H-pyrrole nitrogens is 1. The van der Waals surface area contributed by atoms with Crippen LogP contribution in [0, 0.1) is 16.4 Å². The maximum Gasteiger partial charge on any atom is 0.405 e. The lowest BCUT2D eigenvalue weighted by atomic mass is 9.99. The summed E-state index contributed by atoms with van der Waals surface area (Å²) in [5.41, 5.74) is 5.46. The van der Waals surface area contributed by atoms with Gasteiger partial charge in [0.2, 0.25) is 5.91 Å². The Labute approximate surface area is 213 Å². The number of aromatic nitrogens is 2. The maximum atomic E-state index is 13.2. The van der Waals surface area contributed by atoms with Crippen LogP contribution in [0.25, 0.3) is 22.4 Å². The second kappa shape index (κ2) is 10.2. The number of hydrogen-bond donors (Lipinski definition) is 3.